The number of aryl methyl sites for hydroxylation is 1. The lowest BCUT2D eigenvalue weighted by molar-refractivity contribution is 0.0194. The molecular weight excluding hydrogens is 310 g/mol. The molecule has 1 fully saturated rings. The van der Waals surface area contributed by atoms with E-state index in [4.69, 9.17) is 10.00 Å². The Hall–Kier alpha value is -2.01. The predicted molar refractivity (Wildman–Crippen MR) is 89.4 cm³/mol. The lowest BCUT2D eigenvalue weighted by Crippen LogP contribution is -2.41. The molecule has 1 unspecified atom stereocenters. The van der Waals surface area contributed by atoms with Crippen LogP contribution in [0.1, 0.15) is 21.5 Å². The van der Waals surface area contributed by atoms with E-state index in [1.807, 2.05) is 11.3 Å². The van der Waals surface area contributed by atoms with E-state index in [9.17, 15) is 0 Å². The maximum atomic E-state index is 9.14. The third-order valence-corrected chi connectivity index (χ3v) is 4.94. The van der Waals surface area contributed by atoms with E-state index in [2.05, 4.69) is 45.3 Å². The third kappa shape index (κ3) is 3.85. The smallest absolute Gasteiger partial charge is 0.182 e. The van der Waals surface area contributed by atoms with Crippen molar-refractivity contribution in [3.05, 3.63) is 40.0 Å². The highest BCUT2D eigenvalue weighted by Gasteiger charge is 2.24. The van der Waals surface area contributed by atoms with Crippen LogP contribution >= 0.6 is 11.3 Å². The molecular formula is C16H19N5OS. The van der Waals surface area contributed by atoms with Gasteiger partial charge in [-0.05, 0) is 19.1 Å². The van der Waals surface area contributed by atoms with E-state index in [-0.39, 0.29) is 6.04 Å². The zero-order valence-electron chi connectivity index (χ0n) is 13.0. The molecule has 23 heavy (non-hydrogen) atoms. The van der Waals surface area contributed by atoms with Crippen LogP contribution in [0, 0.1) is 18.3 Å². The topological polar surface area (TPSA) is 74.1 Å². The maximum absolute atomic E-state index is 9.14. The first-order valence-electron chi connectivity index (χ1n) is 7.61. The van der Waals surface area contributed by atoms with E-state index >= 15 is 0 Å². The van der Waals surface area contributed by atoms with Crippen LogP contribution < -0.4 is 5.32 Å². The van der Waals surface area contributed by atoms with Gasteiger partial charge in [0.1, 0.15) is 6.07 Å². The van der Waals surface area contributed by atoms with Gasteiger partial charge in [0.15, 0.2) is 11.5 Å². The monoisotopic (exact) mass is 329 g/mol. The number of aromatic nitrogens is 2. The summed E-state index contributed by atoms with van der Waals surface area (Å²) >= 11 is 1.81. The number of morpholine rings is 1. The molecule has 0 aliphatic carbocycles. The number of hydrogen-bond donors (Lipinski definition) is 1. The molecule has 2 aromatic heterocycles. The zero-order chi connectivity index (χ0) is 16.1. The van der Waals surface area contributed by atoms with Crippen LogP contribution in [0.15, 0.2) is 24.5 Å². The van der Waals surface area contributed by atoms with Gasteiger partial charge in [-0.1, -0.05) is 0 Å². The Kier molecular flexibility index (Phi) is 5.18. The number of nitrogens with zero attached hydrogens (tertiary/aromatic N) is 4. The van der Waals surface area contributed by atoms with E-state index < -0.39 is 0 Å². The van der Waals surface area contributed by atoms with Crippen LogP contribution in [0.25, 0.3) is 0 Å². The highest BCUT2D eigenvalue weighted by molar-refractivity contribution is 7.12. The molecule has 120 valence electrons. The molecule has 0 saturated carbocycles. The Morgan fingerprint density at radius 1 is 1.35 bits per heavy atom. The van der Waals surface area contributed by atoms with Crippen molar-refractivity contribution in [2.45, 2.75) is 13.0 Å². The summed E-state index contributed by atoms with van der Waals surface area (Å²) in [6.45, 7) is 6.15. The first-order valence-corrected chi connectivity index (χ1v) is 8.42. The minimum absolute atomic E-state index is 0.242. The number of thiophene rings is 1. The van der Waals surface area contributed by atoms with E-state index in [1.165, 1.54) is 16.0 Å². The molecule has 0 bridgehead atoms. The van der Waals surface area contributed by atoms with Gasteiger partial charge in [-0.3, -0.25) is 4.90 Å². The molecule has 1 atom stereocenters. The summed E-state index contributed by atoms with van der Waals surface area (Å²) in [4.78, 5) is 13.3. The van der Waals surface area contributed by atoms with Gasteiger partial charge in [0.2, 0.25) is 0 Å². The normalized spacial score (nSPS) is 16.7. The molecule has 1 N–H and O–H groups in total. The fourth-order valence-electron chi connectivity index (χ4n) is 2.67. The van der Waals surface area contributed by atoms with Gasteiger partial charge in [0, 0.05) is 41.8 Å². The fourth-order valence-corrected chi connectivity index (χ4v) is 3.69. The van der Waals surface area contributed by atoms with Crippen LogP contribution in [0.3, 0.4) is 0 Å². The highest BCUT2D eigenvalue weighted by Crippen LogP contribution is 2.28. The zero-order valence-corrected chi connectivity index (χ0v) is 13.8. The summed E-state index contributed by atoms with van der Waals surface area (Å²) in [5, 5.41) is 12.4. The number of hydrogen-bond acceptors (Lipinski definition) is 7. The highest BCUT2D eigenvalue weighted by atomic mass is 32.1. The average molecular weight is 329 g/mol. The van der Waals surface area contributed by atoms with Crippen molar-refractivity contribution < 1.29 is 4.74 Å². The molecule has 1 saturated heterocycles. The van der Waals surface area contributed by atoms with Crippen molar-refractivity contribution in [2.24, 2.45) is 0 Å². The summed E-state index contributed by atoms with van der Waals surface area (Å²) in [7, 11) is 0. The second-order valence-corrected chi connectivity index (χ2v) is 6.68. The van der Waals surface area contributed by atoms with Crippen molar-refractivity contribution >= 4 is 17.2 Å². The van der Waals surface area contributed by atoms with Gasteiger partial charge >= 0.3 is 0 Å². The van der Waals surface area contributed by atoms with Crippen LogP contribution in [-0.4, -0.2) is 47.7 Å². The summed E-state index contributed by atoms with van der Waals surface area (Å²) in [6, 6.07) is 6.65. The van der Waals surface area contributed by atoms with Crippen molar-refractivity contribution in [3.63, 3.8) is 0 Å². The number of nitrogens with one attached hydrogen (secondary N) is 1. The molecule has 3 heterocycles. The van der Waals surface area contributed by atoms with Crippen molar-refractivity contribution in [2.75, 3.05) is 38.2 Å². The molecule has 0 radical (unpaired) electrons. The quantitative estimate of drug-likeness (QED) is 0.906. The maximum Gasteiger partial charge on any atom is 0.182 e. The van der Waals surface area contributed by atoms with Gasteiger partial charge in [0.25, 0.3) is 0 Å². The summed E-state index contributed by atoms with van der Waals surface area (Å²) in [6.07, 6.45) is 3.13. The van der Waals surface area contributed by atoms with Gasteiger partial charge in [-0.15, -0.1) is 11.3 Å². The molecule has 2 aromatic rings. The summed E-state index contributed by atoms with van der Waals surface area (Å²) < 4.78 is 5.47. The summed E-state index contributed by atoms with van der Waals surface area (Å²) in [5.74, 6) is 0.543. The standard InChI is InChI=1S/C16H19N5OS/c1-12-2-3-15(23-12)14(21-6-8-22-9-7-21)11-20-16-13(10-17)18-4-5-19-16/h2-5,14H,6-9,11H2,1H3,(H,19,20). The minimum Gasteiger partial charge on any atom is -0.379 e. The predicted octanol–water partition coefficient (Wildman–Crippen LogP) is 2.20. The molecule has 3 rings (SSSR count). The van der Waals surface area contributed by atoms with Gasteiger partial charge in [0.05, 0.1) is 19.3 Å². The van der Waals surface area contributed by atoms with Crippen LogP contribution in [0.4, 0.5) is 5.82 Å². The Balaban J connectivity index is 1.77. The Morgan fingerprint density at radius 2 is 2.13 bits per heavy atom. The second-order valence-electron chi connectivity index (χ2n) is 5.36. The molecule has 7 heteroatoms. The van der Waals surface area contributed by atoms with E-state index in [1.54, 1.807) is 6.20 Å². The number of rotatable bonds is 5. The van der Waals surface area contributed by atoms with Crippen LogP contribution in [0.5, 0.6) is 0 Å². The first kappa shape index (κ1) is 15.9. The lowest BCUT2D eigenvalue weighted by Gasteiger charge is -2.34. The number of anilines is 1. The molecule has 6 nitrogen and oxygen atoms in total. The van der Waals surface area contributed by atoms with Gasteiger partial charge in [-0.25, -0.2) is 9.97 Å². The molecule has 0 aromatic carbocycles. The molecule has 1 aliphatic rings. The van der Waals surface area contributed by atoms with Gasteiger partial charge < -0.3 is 10.1 Å². The SMILES string of the molecule is Cc1ccc(C(CNc2nccnc2C#N)N2CCOCC2)s1. The number of ether oxygens (including phenoxy) is 1. The first-order chi connectivity index (χ1) is 11.3. The van der Waals surface area contributed by atoms with Crippen molar-refractivity contribution in [1.29, 1.82) is 5.26 Å². The molecule has 0 spiro atoms. The number of nitriles is 1. The molecule has 1 aliphatic heterocycles. The largest absolute Gasteiger partial charge is 0.379 e. The molecule has 0 amide bonds. The van der Waals surface area contributed by atoms with Crippen LogP contribution in [0.2, 0.25) is 0 Å². The van der Waals surface area contributed by atoms with E-state index in [0.717, 1.165) is 26.3 Å². The van der Waals surface area contributed by atoms with Crippen molar-refractivity contribution in [3.8, 4) is 6.07 Å². The van der Waals surface area contributed by atoms with E-state index in [0.29, 0.717) is 18.1 Å². The fraction of sp³-hybridized carbons (Fsp3) is 0.438. The van der Waals surface area contributed by atoms with Gasteiger partial charge in [-0.2, -0.15) is 5.26 Å². The Labute approximate surface area is 139 Å². The lowest BCUT2D eigenvalue weighted by atomic mass is 10.2. The Morgan fingerprint density at radius 3 is 2.83 bits per heavy atom. The van der Waals surface area contributed by atoms with Crippen LogP contribution in [-0.2, 0) is 4.74 Å². The second kappa shape index (κ2) is 7.51. The minimum atomic E-state index is 0.242. The summed E-state index contributed by atoms with van der Waals surface area (Å²) in [5.41, 5.74) is 0.329. The Bertz CT molecular complexity index is 690. The van der Waals surface area contributed by atoms with Crippen molar-refractivity contribution in [1.82, 2.24) is 14.9 Å². The third-order valence-electron chi connectivity index (χ3n) is 3.84. The average Bonchev–Trinajstić information content (AvgIpc) is 3.02.